The molecular weight excluding hydrogens is 352 g/mol. The van der Waals surface area contributed by atoms with Crippen molar-refractivity contribution >= 4 is 21.6 Å². The maximum atomic E-state index is 11.7. The van der Waals surface area contributed by atoms with Crippen molar-refractivity contribution in [1.82, 2.24) is 19.1 Å². The fourth-order valence-electron chi connectivity index (χ4n) is 2.07. The molecule has 2 heterocycles. The highest BCUT2D eigenvalue weighted by molar-refractivity contribution is 8.76. The van der Waals surface area contributed by atoms with Crippen LogP contribution in [0.3, 0.4) is 0 Å². The molecule has 0 saturated heterocycles. The lowest BCUT2D eigenvalue weighted by Crippen LogP contribution is -2.35. The first kappa shape index (κ1) is 18.4. The van der Waals surface area contributed by atoms with Gasteiger partial charge in [0.1, 0.15) is 0 Å². The minimum absolute atomic E-state index is 0.303. The summed E-state index contributed by atoms with van der Waals surface area (Å²) in [5.41, 5.74) is -0.389. The number of aromatic amines is 2. The Morgan fingerprint density at radius 1 is 0.792 bits per heavy atom. The summed E-state index contributed by atoms with van der Waals surface area (Å²) in [6.07, 6.45) is 0. The van der Waals surface area contributed by atoms with E-state index in [9.17, 15) is 19.2 Å². The largest absolute Gasteiger partial charge is 0.328 e. The topological polar surface area (TPSA) is 110 Å². The van der Waals surface area contributed by atoms with Gasteiger partial charge >= 0.3 is 11.4 Å². The highest BCUT2D eigenvalue weighted by Gasteiger charge is 2.04. The Labute approximate surface area is 144 Å². The second-order valence-corrected chi connectivity index (χ2v) is 7.84. The van der Waals surface area contributed by atoms with Crippen molar-refractivity contribution in [3.05, 3.63) is 65.2 Å². The number of hydrogen-bond acceptors (Lipinski definition) is 6. The first-order chi connectivity index (χ1) is 11.4. The molecule has 0 aromatic carbocycles. The van der Waals surface area contributed by atoms with Crippen molar-refractivity contribution in [2.24, 2.45) is 0 Å². The number of aromatic nitrogens is 4. The van der Waals surface area contributed by atoms with Crippen molar-refractivity contribution in [3.8, 4) is 0 Å². The van der Waals surface area contributed by atoms with E-state index in [1.807, 2.05) is 0 Å². The number of H-pyrrole nitrogens is 2. The summed E-state index contributed by atoms with van der Waals surface area (Å²) >= 11 is 0. The average Bonchev–Trinajstić information content (AvgIpc) is 2.46. The molecule has 2 aromatic heterocycles. The van der Waals surface area contributed by atoms with Gasteiger partial charge in [-0.3, -0.25) is 18.7 Å². The Hall–Kier alpha value is -1.94. The van der Waals surface area contributed by atoms with Gasteiger partial charge in [0.05, 0.1) is 0 Å². The van der Waals surface area contributed by atoms with Crippen LogP contribution >= 0.6 is 21.6 Å². The summed E-state index contributed by atoms with van der Waals surface area (Å²) in [4.78, 5) is 52.0. The number of aryl methyl sites for hydroxylation is 2. The molecule has 0 fully saturated rings. The predicted octanol–water partition coefficient (Wildman–Crippen LogP) is 0.0850. The molecular formula is C14H18N4O4S2. The van der Waals surface area contributed by atoms with Crippen molar-refractivity contribution in [2.75, 3.05) is 11.5 Å². The van der Waals surface area contributed by atoms with Crippen molar-refractivity contribution in [2.45, 2.75) is 26.9 Å². The normalized spacial score (nSPS) is 10.9. The maximum Gasteiger partial charge on any atom is 0.328 e. The standard InChI is InChI=1S/C14H18N4O4S2/c1-9-7-11(19)17(13(21)15-9)3-5-23-24-6-4-18-12(20)8-10(2)16-14(18)22/h7-8H,3-6H2,1-2H3,(H,15,21)(H,16,22). The first-order valence-corrected chi connectivity index (χ1v) is 9.73. The van der Waals surface area contributed by atoms with E-state index in [1.54, 1.807) is 13.8 Å². The van der Waals surface area contributed by atoms with Crippen LogP contribution in [-0.4, -0.2) is 30.6 Å². The van der Waals surface area contributed by atoms with Gasteiger partial charge in [-0.25, -0.2) is 9.59 Å². The lowest BCUT2D eigenvalue weighted by Gasteiger charge is -2.06. The Morgan fingerprint density at radius 2 is 1.17 bits per heavy atom. The summed E-state index contributed by atoms with van der Waals surface area (Å²) in [5.74, 6) is 1.13. The summed E-state index contributed by atoms with van der Waals surface area (Å²) < 4.78 is 2.30. The molecule has 0 atom stereocenters. The molecule has 0 aliphatic carbocycles. The van der Waals surface area contributed by atoms with Crippen LogP contribution in [0, 0.1) is 13.8 Å². The molecule has 2 aromatic rings. The minimum atomic E-state index is -0.414. The number of nitrogens with one attached hydrogen (secondary N) is 2. The molecule has 0 spiro atoms. The van der Waals surface area contributed by atoms with Crippen LogP contribution in [0.5, 0.6) is 0 Å². The first-order valence-electron chi connectivity index (χ1n) is 7.24. The molecule has 0 saturated carbocycles. The van der Waals surface area contributed by atoms with Crippen LogP contribution in [0.1, 0.15) is 11.4 Å². The zero-order valence-electron chi connectivity index (χ0n) is 13.3. The van der Waals surface area contributed by atoms with Gasteiger partial charge in [0.15, 0.2) is 0 Å². The van der Waals surface area contributed by atoms with Gasteiger partial charge in [-0.05, 0) is 13.8 Å². The third-order valence-electron chi connectivity index (χ3n) is 3.19. The molecule has 0 unspecified atom stereocenters. The smallest absolute Gasteiger partial charge is 0.311 e. The van der Waals surface area contributed by atoms with Crippen LogP contribution in [-0.2, 0) is 13.1 Å². The lowest BCUT2D eigenvalue weighted by molar-refractivity contribution is 0.673. The quantitative estimate of drug-likeness (QED) is 0.528. The van der Waals surface area contributed by atoms with Crippen molar-refractivity contribution in [3.63, 3.8) is 0 Å². The molecule has 0 amide bonds. The van der Waals surface area contributed by atoms with Gasteiger partial charge in [0.2, 0.25) is 0 Å². The highest BCUT2D eigenvalue weighted by Crippen LogP contribution is 2.20. The van der Waals surface area contributed by atoms with Gasteiger partial charge < -0.3 is 9.97 Å². The Balaban J connectivity index is 1.81. The van der Waals surface area contributed by atoms with Gasteiger partial charge in [0, 0.05) is 48.1 Å². The van der Waals surface area contributed by atoms with Crippen LogP contribution < -0.4 is 22.5 Å². The third kappa shape index (κ3) is 4.78. The highest BCUT2D eigenvalue weighted by atomic mass is 33.1. The number of hydrogen-bond donors (Lipinski definition) is 2. The van der Waals surface area contributed by atoms with Gasteiger partial charge in [-0.2, -0.15) is 0 Å². The zero-order chi connectivity index (χ0) is 17.7. The molecule has 2 N–H and O–H groups in total. The number of nitrogens with zero attached hydrogens (tertiary/aromatic N) is 2. The molecule has 0 aliphatic rings. The third-order valence-corrected chi connectivity index (χ3v) is 5.56. The Morgan fingerprint density at radius 3 is 1.50 bits per heavy atom. The van der Waals surface area contributed by atoms with Crippen LogP contribution in [0.15, 0.2) is 31.3 Å². The Bertz CT molecular complexity index is 801. The van der Waals surface area contributed by atoms with Crippen LogP contribution in [0.25, 0.3) is 0 Å². The second-order valence-electron chi connectivity index (χ2n) is 5.14. The summed E-state index contributed by atoms with van der Waals surface area (Å²) in [6.45, 7) is 3.92. The van der Waals surface area contributed by atoms with Crippen molar-refractivity contribution in [1.29, 1.82) is 0 Å². The molecule has 24 heavy (non-hydrogen) atoms. The monoisotopic (exact) mass is 370 g/mol. The van der Waals surface area contributed by atoms with Gasteiger partial charge in [-0.1, -0.05) is 21.6 Å². The number of rotatable bonds is 7. The van der Waals surface area contributed by atoms with E-state index in [0.717, 1.165) is 9.13 Å². The van der Waals surface area contributed by atoms with E-state index >= 15 is 0 Å². The van der Waals surface area contributed by atoms with Crippen LogP contribution in [0.4, 0.5) is 0 Å². The van der Waals surface area contributed by atoms with Gasteiger partial charge in [0.25, 0.3) is 11.1 Å². The molecule has 130 valence electrons. The van der Waals surface area contributed by atoms with E-state index in [0.29, 0.717) is 36.0 Å². The van der Waals surface area contributed by atoms with Gasteiger partial charge in [-0.15, -0.1) is 0 Å². The SMILES string of the molecule is Cc1cc(=O)n(CCSSCCn2c(=O)cc(C)[nH]c2=O)c(=O)[nH]1. The average molecular weight is 370 g/mol. The maximum absolute atomic E-state index is 11.7. The summed E-state index contributed by atoms with van der Waals surface area (Å²) in [7, 11) is 2.96. The van der Waals surface area contributed by atoms with E-state index in [1.165, 1.54) is 33.7 Å². The van der Waals surface area contributed by atoms with E-state index < -0.39 is 11.4 Å². The molecule has 10 heteroatoms. The molecule has 0 radical (unpaired) electrons. The van der Waals surface area contributed by atoms with Crippen LogP contribution in [0.2, 0.25) is 0 Å². The fourth-order valence-corrected chi connectivity index (χ4v) is 3.97. The lowest BCUT2D eigenvalue weighted by atomic mass is 10.4. The minimum Gasteiger partial charge on any atom is -0.311 e. The second kappa shape index (κ2) is 8.25. The zero-order valence-corrected chi connectivity index (χ0v) is 15.0. The van der Waals surface area contributed by atoms with E-state index in [-0.39, 0.29) is 11.1 Å². The molecule has 0 bridgehead atoms. The molecule has 2 rings (SSSR count). The fraction of sp³-hybridized carbons (Fsp3) is 0.429. The molecule has 8 nitrogen and oxygen atoms in total. The summed E-state index contributed by atoms with van der Waals surface area (Å²) in [5, 5.41) is 0. The predicted molar refractivity (Wildman–Crippen MR) is 97.0 cm³/mol. The van der Waals surface area contributed by atoms with Crippen molar-refractivity contribution < 1.29 is 0 Å². The summed E-state index contributed by atoms with van der Waals surface area (Å²) in [6, 6.07) is 2.77. The Kier molecular flexibility index (Phi) is 6.32. The van der Waals surface area contributed by atoms with E-state index in [2.05, 4.69) is 9.97 Å². The van der Waals surface area contributed by atoms with E-state index in [4.69, 9.17) is 0 Å². The molecule has 0 aliphatic heterocycles.